The molecule has 1 fully saturated rings. The summed E-state index contributed by atoms with van der Waals surface area (Å²) in [6.45, 7) is 1.70. The van der Waals surface area contributed by atoms with Crippen molar-refractivity contribution in [3.05, 3.63) is 95.2 Å². The van der Waals surface area contributed by atoms with E-state index in [1.54, 1.807) is 31.2 Å². The van der Waals surface area contributed by atoms with Crippen LogP contribution in [0.25, 0.3) is 21.6 Å². The summed E-state index contributed by atoms with van der Waals surface area (Å²) < 4.78 is 39.9. The first kappa shape index (κ1) is 27.9. The summed E-state index contributed by atoms with van der Waals surface area (Å²) in [7, 11) is 0. The van der Waals surface area contributed by atoms with Gasteiger partial charge in [-0.1, -0.05) is 54.6 Å². The number of rotatable bonds is 7. The maximum Gasteiger partial charge on any atom is 1.00 e. The van der Waals surface area contributed by atoms with Crippen molar-refractivity contribution in [1.29, 1.82) is 0 Å². The Labute approximate surface area is 244 Å². The normalized spacial score (nSPS) is 13.3. The fourth-order valence-corrected chi connectivity index (χ4v) is 5.07. The summed E-state index contributed by atoms with van der Waals surface area (Å²) in [6.07, 6.45) is 0.254. The second-order valence-corrected chi connectivity index (χ2v) is 9.69. The Kier molecular flexibility index (Phi) is 8.32. The van der Waals surface area contributed by atoms with Gasteiger partial charge in [-0.05, 0) is 60.1 Å². The Bertz CT molecular complexity index is 1490. The molecule has 0 atom stereocenters. The van der Waals surface area contributed by atoms with Crippen molar-refractivity contribution in [3.8, 4) is 21.6 Å². The number of anilines is 1. The quantitative estimate of drug-likeness (QED) is 0.363. The van der Waals surface area contributed by atoms with Crippen LogP contribution in [0.1, 0.15) is 29.7 Å². The van der Waals surface area contributed by atoms with Crippen LogP contribution in [0.15, 0.2) is 66.7 Å². The van der Waals surface area contributed by atoms with Crippen molar-refractivity contribution in [1.82, 2.24) is 4.37 Å². The van der Waals surface area contributed by atoms with Gasteiger partial charge in [0.1, 0.15) is 18.2 Å². The third-order valence-corrected chi connectivity index (χ3v) is 7.46. The van der Waals surface area contributed by atoms with Gasteiger partial charge in [0.25, 0.3) is 0 Å². The summed E-state index contributed by atoms with van der Waals surface area (Å²) in [5.74, 6) is -2.50. The maximum absolute atomic E-state index is 15.3. The van der Waals surface area contributed by atoms with Gasteiger partial charge in [0, 0.05) is 16.5 Å². The summed E-state index contributed by atoms with van der Waals surface area (Å²) in [6, 6.07) is 17.6. The minimum Gasteiger partial charge on any atom is -0.549 e. The van der Waals surface area contributed by atoms with Crippen molar-refractivity contribution in [2.24, 2.45) is 0 Å². The number of carboxylic acids is 1. The Morgan fingerprint density at radius 1 is 1.03 bits per heavy atom. The molecule has 1 N–H and O–H groups in total. The molecule has 1 aromatic heterocycles. The van der Waals surface area contributed by atoms with E-state index in [0.29, 0.717) is 29.7 Å². The van der Waals surface area contributed by atoms with Crippen LogP contribution in [-0.4, -0.2) is 16.4 Å². The van der Waals surface area contributed by atoms with E-state index in [-0.39, 0.29) is 57.9 Å². The number of carbonyl (C=O) groups is 2. The molecule has 5 rings (SSSR count). The van der Waals surface area contributed by atoms with E-state index in [1.165, 1.54) is 0 Å². The van der Waals surface area contributed by atoms with Crippen LogP contribution in [0.3, 0.4) is 0 Å². The SMILES string of the molecule is Cc1nsc(-c2cc(F)c(-c3ccc(C4(C(=O)[O-])CC4)cc3)cc2F)c1NC(=O)OCc1ccccc1.[Na+]. The molecule has 0 saturated heterocycles. The number of nitrogens with one attached hydrogen (secondary N) is 1. The van der Waals surface area contributed by atoms with Crippen LogP contribution in [-0.2, 0) is 21.6 Å². The van der Waals surface area contributed by atoms with Gasteiger partial charge < -0.3 is 14.6 Å². The monoisotopic (exact) mass is 542 g/mol. The molecule has 6 nitrogen and oxygen atoms in total. The van der Waals surface area contributed by atoms with Crippen LogP contribution < -0.4 is 40.0 Å². The Hall–Kier alpha value is -3.11. The predicted octanol–water partition coefficient (Wildman–Crippen LogP) is 2.60. The van der Waals surface area contributed by atoms with Crippen molar-refractivity contribution in [2.45, 2.75) is 31.8 Å². The number of aromatic nitrogens is 1. The smallest absolute Gasteiger partial charge is 0.549 e. The fraction of sp³-hybridized carbons (Fsp3) is 0.179. The number of halogens is 2. The molecule has 1 heterocycles. The molecule has 0 bridgehead atoms. The zero-order chi connectivity index (χ0) is 26.2. The fourth-order valence-electron chi connectivity index (χ4n) is 4.21. The summed E-state index contributed by atoms with van der Waals surface area (Å²) in [5, 5.41) is 14.0. The van der Waals surface area contributed by atoms with Gasteiger partial charge in [0.15, 0.2) is 0 Å². The van der Waals surface area contributed by atoms with Crippen LogP contribution in [0, 0.1) is 18.6 Å². The van der Waals surface area contributed by atoms with Crippen LogP contribution in [0.2, 0.25) is 0 Å². The molecule has 188 valence electrons. The number of carbonyl (C=O) groups excluding carboxylic acids is 2. The first-order chi connectivity index (χ1) is 17.8. The van der Waals surface area contributed by atoms with Gasteiger partial charge in [0.05, 0.1) is 22.2 Å². The maximum atomic E-state index is 15.3. The molecule has 0 radical (unpaired) electrons. The van der Waals surface area contributed by atoms with Crippen molar-refractivity contribution in [2.75, 3.05) is 5.32 Å². The Balaban J connectivity index is 0.00000336. The third-order valence-electron chi connectivity index (χ3n) is 6.49. The first-order valence-corrected chi connectivity index (χ1v) is 12.3. The summed E-state index contributed by atoms with van der Waals surface area (Å²) >= 11 is 0.936. The van der Waals surface area contributed by atoms with Crippen LogP contribution >= 0.6 is 11.5 Å². The number of ether oxygens (including phenoxy) is 1. The minimum atomic E-state index is -1.13. The molecule has 0 unspecified atom stereocenters. The number of hydrogen-bond acceptors (Lipinski definition) is 6. The van der Waals surface area contributed by atoms with Crippen molar-refractivity contribution < 1.29 is 57.8 Å². The molecule has 10 heteroatoms. The molecule has 1 aliphatic carbocycles. The molecule has 3 aromatic carbocycles. The largest absolute Gasteiger partial charge is 1.00 e. The minimum absolute atomic E-state index is 0. The average Bonchev–Trinajstić information content (AvgIpc) is 3.64. The first-order valence-electron chi connectivity index (χ1n) is 11.5. The number of amides is 1. The third kappa shape index (κ3) is 5.51. The molecule has 0 aliphatic heterocycles. The zero-order valence-electron chi connectivity index (χ0n) is 20.7. The Morgan fingerprint density at radius 2 is 1.66 bits per heavy atom. The zero-order valence-corrected chi connectivity index (χ0v) is 23.5. The second-order valence-electron chi connectivity index (χ2n) is 8.92. The molecule has 0 spiro atoms. The van der Waals surface area contributed by atoms with E-state index in [0.717, 1.165) is 29.2 Å². The van der Waals surface area contributed by atoms with Crippen LogP contribution in [0.4, 0.5) is 19.3 Å². The molecule has 1 amide bonds. The van der Waals surface area contributed by atoms with Gasteiger partial charge in [-0.3, -0.25) is 5.32 Å². The van der Waals surface area contributed by atoms with Gasteiger partial charge >= 0.3 is 35.7 Å². The number of hydrogen-bond donors (Lipinski definition) is 1. The molecular formula is C28H21F2N2NaO4S. The number of aryl methyl sites for hydroxylation is 1. The van der Waals surface area contributed by atoms with E-state index >= 15 is 8.78 Å². The predicted molar refractivity (Wildman–Crippen MR) is 134 cm³/mol. The summed E-state index contributed by atoms with van der Waals surface area (Å²) in [4.78, 5) is 24.1. The molecule has 1 aliphatic rings. The number of benzene rings is 3. The molecular weight excluding hydrogens is 521 g/mol. The van der Waals surface area contributed by atoms with Gasteiger partial charge in [0.2, 0.25) is 0 Å². The van der Waals surface area contributed by atoms with E-state index in [2.05, 4.69) is 9.69 Å². The number of carboxylic acid groups (broad SMARTS) is 1. The van der Waals surface area contributed by atoms with Crippen LogP contribution in [0.5, 0.6) is 0 Å². The molecule has 1 saturated carbocycles. The Morgan fingerprint density at radius 3 is 2.29 bits per heavy atom. The van der Waals surface area contributed by atoms with Crippen molar-refractivity contribution in [3.63, 3.8) is 0 Å². The molecule has 38 heavy (non-hydrogen) atoms. The number of aliphatic carboxylic acids is 1. The second kappa shape index (κ2) is 11.3. The van der Waals surface area contributed by atoms with Crippen molar-refractivity contribution >= 4 is 29.3 Å². The molecule has 4 aromatic rings. The van der Waals surface area contributed by atoms with E-state index in [1.807, 2.05) is 30.3 Å². The van der Waals surface area contributed by atoms with Gasteiger partial charge in [-0.25, -0.2) is 13.6 Å². The summed E-state index contributed by atoms with van der Waals surface area (Å²) in [5.41, 5.74) is 1.49. The standard InChI is InChI=1S/C28H22F2N2O4S.Na/c1-16-24(31-27(35)36-15-17-5-3-2-4-6-17)25(37-32-16)21-14-22(29)20(13-23(21)30)18-7-9-19(10-8-18)28(11-12-28)26(33)34;/h2-10,13-14H,11-12,15H2,1H3,(H,31,35)(H,33,34);/q;+1/p-1. The van der Waals surface area contributed by atoms with Gasteiger partial charge in [-0.15, -0.1) is 0 Å². The topological polar surface area (TPSA) is 91.4 Å². The number of nitrogens with zero attached hydrogens (tertiary/aromatic N) is 1. The van der Waals surface area contributed by atoms with E-state index < -0.39 is 29.1 Å². The van der Waals surface area contributed by atoms with Gasteiger partial charge in [-0.2, -0.15) is 4.37 Å². The van der Waals surface area contributed by atoms with E-state index in [4.69, 9.17) is 4.74 Å². The average molecular weight is 543 g/mol. The van der Waals surface area contributed by atoms with E-state index in [9.17, 15) is 14.7 Å².